The summed E-state index contributed by atoms with van der Waals surface area (Å²) in [6.07, 6.45) is 9.10. The Morgan fingerprint density at radius 1 is 1.11 bits per heavy atom. The molecule has 1 aliphatic heterocycles. The normalized spacial score (nSPS) is 26.8. The summed E-state index contributed by atoms with van der Waals surface area (Å²) in [5.74, 6) is 0.886. The van der Waals surface area contributed by atoms with Crippen LogP contribution in [0.3, 0.4) is 0 Å². The smallest absolute Gasteiger partial charge is 0.254 e. The number of fused-ring (bicyclic) bond motifs is 1. The van der Waals surface area contributed by atoms with Crippen LogP contribution in [0.5, 0.6) is 0 Å². The van der Waals surface area contributed by atoms with Gasteiger partial charge in [0.2, 0.25) is 0 Å². The highest BCUT2D eigenvalue weighted by atomic mass is 16.2. The van der Waals surface area contributed by atoms with E-state index in [4.69, 9.17) is 0 Å². The van der Waals surface area contributed by atoms with Gasteiger partial charge in [0.25, 0.3) is 5.91 Å². The quantitative estimate of drug-likeness (QED) is 0.691. The second-order valence-electron chi connectivity index (χ2n) is 5.28. The van der Waals surface area contributed by atoms with E-state index < -0.39 is 0 Å². The van der Waals surface area contributed by atoms with Crippen molar-refractivity contribution in [1.29, 1.82) is 0 Å². The summed E-state index contributed by atoms with van der Waals surface area (Å²) in [5, 5.41) is 0. The van der Waals surface area contributed by atoms with Gasteiger partial charge in [0.1, 0.15) is 0 Å². The number of carbonyl (C=O) groups excluding carboxylic acids is 1. The average Bonchev–Trinajstić information content (AvgIpc) is 2.47. The highest BCUT2D eigenvalue weighted by Gasteiger charge is 2.34. The molecule has 18 heavy (non-hydrogen) atoms. The first kappa shape index (κ1) is 11.5. The fourth-order valence-corrected chi connectivity index (χ4v) is 3.24. The summed E-state index contributed by atoms with van der Waals surface area (Å²) in [6, 6.07) is 10.1. The molecule has 1 fully saturated rings. The van der Waals surface area contributed by atoms with E-state index >= 15 is 0 Å². The third-order valence-corrected chi connectivity index (χ3v) is 4.18. The zero-order chi connectivity index (χ0) is 12.4. The van der Waals surface area contributed by atoms with Crippen molar-refractivity contribution < 1.29 is 4.79 Å². The molecule has 0 N–H and O–H groups in total. The van der Waals surface area contributed by atoms with Gasteiger partial charge < -0.3 is 4.90 Å². The molecule has 0 bridgehead atoms. The number of nitrogens with zero attached hydrogens (tertiary/aromatic N) is 1. The Hall–Kier alpha value is -1.57. The van der Waals surface area contributed by atoms with Crippen molar-refractivity contribution in [2.45, 2.75) is 31.7 Å². The van der Waals surface area contributed by atoms with E-state index in [1.165, 1.54) is 6.42 Å². The van der Waals surface area contributed by atoms with Crippen LogP contribution >= 0.6 is 0 Å². The second-order valence-corrected chi connectivity index (χ2v) is 5.28. The number of allylic oxidation sites excluding steroid dienone is 1. The summed E-state index contributed by atoms with van der Waals surface area (Å²) in [7, 11) is 0. The van der Waals surface area contributed by atoms with Crippen molar-refractivity contribution >= 4 is 5.91 Å². The number of rotatable bonds is 1. The van der Waals surface area contributed by atoms with Gasteiger partial charge in [-0.05, 0) is 43.7 Å². The number of amides is 1. The fourth-order valence-electron chi connectivity index (χ4n) is 3.24. The number of benzene rings is 1. The zero-order valence-electron chi connectivity index (χ0n) is 10.6. The summed E-state index contributed by atoms with van der Waals surface area (Å²) >= 11 is 0. The minimum Gasteiger partial charge on any atom is -0.335 e. The monoisotopic (exact) mass is 241 g/mol. The van der Waals surface area contributed by atoms with E-state index in [0.717, 1.165) is 31.4 Å². The molecule has 2 heteroatoms. The molecule has 2 aliphatic rings. The average molecular weight is 241 g/mol. The molecule has 0 aromatic heterocycles. The van der Waals surface area contributed by atoms with Gasteiger partial charge in [0.15, 0.2) is 0 Å². The number of likely N-dealkylation sites (tertiary alicyclic amines) is 1. The molecule has 0 radical (unpaired) electrons. The van der Waals surface area contributed by atoms with Gasteiger partial charge in [-0.15, -0.1) is 0 Å². The van der Waals surface area contributed by atoms with Crippen LogP contribution < -0.4 is 0 Å². The van der Waals surface area contributed by atoms with Gasteiger partial charge in [0.05, 0.1) is 0 Å². The molecule has 1 heterocycles. The summed E-state index contributed by atoms with van der Waals surface area (Å²) in [5.41, 5.74) is 0.827. The fraction of sp³-hybridized carbons (Fsp3) is 0.438. The molecule has 1 aromatic carbocycles. The first-order chi connectivity index (χ1) is 8.86. The van der Waals surface area contributed by atoms with Crippen molar-refractivity contribution in [1.82, 2.24) is 4.90 Å². The molecule has 1 amide bonds. The lowest BCUT2D eigenvalue weighted by Gasteiger charge is -2.42. The number of piperidine rings is 1. The van der Waals surface area contributed by atoms with Crippen LogP contribution in [0, 0.1) is 5.92 Å². The lowest BCUT2D eigenvalue weighted by molar-refractivity contribution is 0.0490. The largest absolute Gasteiger partial charge is 0.335 e. The predicted octanol–water partition coefficient (Wildman–Crippen LogP) is 3.26. The van der Waals surface area contributed by atoms with Crippen molar-refractivity contribution in [3.8, 4) is 0 Å². The van der Waals surface area contributed by atoms with Crippen LogP contribution in [0.25, 0.3) is 0 Å². The van der Waals surface area contributed by atoms with Crippen molar-refractivity contribution in [2.24, 2.45) is 5.92 Å². The molecular formula is C16H19NO. The van der Waals surface area contributed by atoms with Crippen LogP contribution in [0.4, 0.5) is 0 Å². The van der Waals surface area contributed by atoms with Crippen LogP contribution in [0.15, 0.2) is 42.5 Å². The molecule has 2 atom stereocenters. The lowest BCUT2D eigenvalue weighted by atomic mass is 9.81. The van der Waals surface area contributed by atoms with E-state index in [1.54, 1.807) is 0 Å². The Labute approximate surface area is 108 Å². The third-order valence-electron chi connectivity index (χ3n) is 4.18. The lowest BCUT2D eigenvalue weighted by Crippen LogP contribution is -2.48. The first-order valence-electron chi connectivity index (χ1n) is 6.87. The molecule has 2 nitrogen and oxygen atoms in total. The minimum atomic E-state index is 0.209. The Morgan fingerprint density at radius 2 is 1.89 bits per heavy atom. The Morgan fingerprint density at radius 3 is 2.72 bits per heavy atom. The molecule has 3 rings (SSSR count). The molecule has 94 valence electrons. The van der Waals surface area contributed by atoms with Crippen LogP contribution in [-0.4, -0.2) is 23.4 Å². The molecule has 0 unspecified atom stereocenters. The third kappa shape index (κ3) is 2.07. The van der Waals surface area contributed by atoms with Gasteiger partial charge in [-0.2, -0.15) is 0 Å². The maximum atomic E-state index is 12.6. The zero-order valence-corrected chi connectivity index (χ0v) is 10.6. The van der Waals surface area contributed by atoms with Crippen LogP contribution in [-0.2, 0) is 0 Å². The van der Waals surface area contributed by atoms with Gasteiger partial charge in [-0.1, -0.05) is 30.4 Å². The van der Waals surface area contributed by atoms with E-state index in [9.17, 15) is 4.79 Å². The Kier molecular flexibility index (Phi) is 3.18. The first-order valence-corrected chi connectivity index (χ1v) is 6.87. The number of hydrogen-bond acceptors (Lipinski definition) is 1. The Bertz CT molecular complexity index is 451. The molecule has 1 aromatic rings. The number of carbonyl (C=O) groups is 1. The Balaban J connectivity index is 1.82. The molecule has 1 saturated heterocycles. The highest BCUT2D eigenvalue weighted by Crippen LogP contribution is 2.32. The van der Waals surface area contributed by atoms with Crippen molar-refractivity contribution in [3.05, 3.63) is 48.0 Å². The van der Waals surface area contributed by atoms with E-state index in [1.807, 2.05) is 30.3 Å². The molecular weight excluding hydrogens is 222 g/mol. The number of hydrogen-bond donors (Lipinski definition) is 0. The summed E-state index contributed by atoms with van der Waals surface area (Å²) in [6.45, 7) is 0.919. The topological polar surface area (TPSA) is 20.3 Å². The SMILES string of the molecule is O=C(c1ccccc1)N1CCC[C@H]2CC=CC[C@@H]21. The van der Waals surface area contributed by atoms with E-state index in [-0.39, 0.29) is 5.91 Å². The summed E-state index contributed by atoms with van der Waals surface area (Å²) in [4.78, 5) is 14.7. The molecule has 1 aliphatic carbocycles. The molecule has 0 saturated carbocycles. The maximum Gasteiger partial charge on any atom is 0.254 e. The van der Waals surface area contributed by atoms with Crippen LogP contribution in [0.1, 0.15) is 36.0 Å². The highest BCUT2D eigenvalue weighted by molar-refractivity contribution is 5.94. The standard InChI is InChI=1S/C16H19NO/c18-16(14-8-2-1-3-9-14)17-12-6-10-13-7-4-5-11-15(13)17/h1-5,8-9,13,15H,6-7,10-12H2/t13-,15+/m1/s1. The van der Waals surface area contributed by atoms with Gasteiger partial charge in [-0.3, -0.25) is 4.79 Å². The van der Waals surface area contributed by atoms with E-state index in [2.05, 4.69) is 17.1 Å². The summed E-state index contributed by atoms with van der Waals surface area (Å²) < 4.78 is 0. The van der Waals surface area contributed by atoms with Gasteiger partial charge in [-0.25, -0.2) is 0 Å². The maximum absolute atomic E-state index is 12.6. The second kappa shape index (κ2) is 4.97. The predicted molar refractivity (Wildman–Crippen MR) is 72.4 cm³/mol. The minimum absolute atomic E-state index is 0.209. The van der Waals surface area contributed by atoms with Gasteiger partial charge >= 0.3 is 0 Å². The van der Waals surface area contributed by atoms with E-state index in [0.29, 0.717) is 12.0 Å². The van der Waals surface area contributed by atoms with Gasteiger partial charge in [0, 0.05) is 18.2 Å². The van der Waals surface area contributed by atoms with Crippen LogP contribution in [0.2, 0.25) is 0 Å². The molecule has 0 spiro atoms. The van der Waals surface area contributed by atoms with Crippen molar-refractivity contribution in [2.75, 3.05) is 6.54 Å². The van der Waals surface area contributed by atoms with Crippen molar-refractivity contribution in [3.63, 3.8) is 0 Å².